The van der Waals surface area contributed by atoms with Crippen molar-refractivity contribution in [3.8, 4) is 5.75 Å². The minimum Gasteiger partial charge on any atom is -0.496 e. The van der Waals surface area contributed by atoms with E-state index in [4.69, 9.17) is 10.5 Å². The van der Waals surface area contributed by atoms with Gasteiger partial charge in [0.05, 0.1) is 13.7 Å². The van der Waals surface area contributed by atoms with Crippen LogP contribution in [0.3, 0.4) is 0 Å². The van der Waals surface area contributed by atoms with Crippen molar-refractivity contribution < 1.29 is 9.53 Å². The van der Waals surface area contributed by atoms with Gasteiger partial charge in [-0.25, -0.2) is 0 Å². The lowest BCUT2D eigenvalue weighted by atomic mass is 10.1. The molecule has 110 valence electrons. The van der Waals surface area contributed by atoms with Gasteiger partial charge in [0.1, 0.15) is 5.75 Å². The van der Waals surface area contributed by atoms with E-state index in [1.165, 1.54) is 0 Å². The predicted octanol–water partition coefficient (Wildman–Crippen LogP) is 1.33. The Morgan fingerprint density at radius 2 is 2.10 bits per heavy atom. The van der Waals surface area contributed by atoms with Crippen LogP contribution in [-0.2, 0) is 11.3 Å². The summed E-state index contributed by atoms with van der Waals surface area (Å²) in [4.78, 5) is 16.0. The molecule has 0 spiro atoms. The van der Waals surface area contributed by atoms with Crippen LogP contribution in [0.4, 0.5) is 5.69 Å². The fraction of sp³-hybridized carbons (Fsp3) is 0.533. The Labute approximate surface area is 120 Å². The first-order chi connectivity index (χ1) is 9.60. The van der Waals surface area contributed by atoms with Gasteiger partial charge >= 0.3 is 0 Å². The largest absolute Gasteiger partial charge is 0.496 e. The zero-order chi connectivity index (χ0) is 14.5. The molecule has 1 aromatic carbocycles. The second-order valence-electron chi connectivity index (χ2n) is 5.33. The van der Waals surface area contributed by atoms with E-state index in [9.17, 15) is 4.79 Å². The summed E-state index contributed by atoms with van der Waals surface area (Å²) in [6, 6.07) is 5.58. The van der Waals surface area contributed by atoms with Crippen LogP contribution in [0.15, 0.2) is 18.2 Å². The first-order valence-corrected chi connectivity index (χ1v) is 6.99. The van der Waals surface area contributed by atoms with Crippen LogP contribution in [0.2, 0.25) is 0 Å². The molecule has 0 aromatic heterocycles. The quantitative estimate of drug-likeness (QED) is 0.825. The van der Waals surface area contributed by atoms with E-state index >= 15 is 0 Å². The molecular weight excluding hydrogens is 254 g/mol. The average molecular weight is 277 g/mol. The molecule has 5 heteroatoms. The van der Waals surface area contributed by atoms with Crippen LogP contribution < -0.4 is 10.5 Å². The van der Waals surface area contributed by atoms with Crippen molar-refractivity contribution in [1.82, 2.24) is 9.80 Å². The number of methoxy groups -OCH3 is 1. The first-order valence-electron chi connectivity index (χ1n) is 6.99. The third kappa shape index (κ3) is 3.63. The number of carbonyl (C=O) groups is 1. The molecule has 0 atom stereocenters. The zero-order valence-electron chi connectivity index (χ0n) is 12.3. The van der Waals surface area contributed by atoms with E-state index < -0.39 is 0 Å². The predicted molar refractivity (Wildman–Crippen MR) is 79.6 cm³/mol. The molecule has 1 heterocycles. The summed E-state index contributed by atoms with van der Waals surface area (Å²) in [5, 5.41) is 0. The van der Waals surface area contributed by atoms with Crippen LogP contribution in [0.5, 0.6) is 5.75 Å². The van der Waals surface area contributed by atoms with Gasteiger partial charge in [0.25, 0.3) is 0 Å². The van der Waals surface area contributed by atoms with Crippen molar-refractivity contribution >= 4 is 11.6 Å². The van der Waals surface area contributed by atoms with Crippen LogP contribution in [0.1, 0.15) is 18.4 Å². The minimum atomic E-state index is 0.202. The summed E-state index contributed by atoms with van der Waals surface area (Å²) in [6.45, 7) is 2.87. The lowest BCUT2D eigenvalue weighted by Crippen LogP contribution is -2.37. The number of anilines is 1. The van der Waals surface area contributed by atoms with Crippen molar-refractivity contribution in [3.05, 3.63) is 23.8 Å². The topological polar surface area (TPSA) is 58.8 Å². The number of hydrogen-bond acceptors (Lipinski definition) is 4. The molecule has 5 nitrogen and oxygen atoms in total. The van der Waals surface area contributed by atoms with Crippen LogP contribution in [-0.4, -0.2) is 49.5 Å². The number of carbonyl (C=O) groups excluding carboxylic acids is 1. The number of nitrogen functional groups attached to an aromatic ring is 1. The number of nitrogens with zero attached hydrogens (tertiary/aromatic N) is 2. The molecule has 1 aliphatic rings. The molecular formula is C15H23N3O2. The lowest BCUT2D eigenvalue weighted by Gasteiger charge is -2.22. The summed E-state index contributed by atoms with van der Waals surface area (Å²) in [5.41, 5.74) is 7.52. The first kappa shape index (κ1) is 14.7. The Bertz CT molecular complexity index is 470. The van der Waals surface area contributed by atoms with Gasteiger partial charge in [-0.3, -0.25) is 9.69 Å². The third-order valence-corrected chi connectivity index (χ3v) is 3.61. The second-order valence-corrected chi connectivity index (χ2v) is 5.33. The zero-order valence-corrected chi connectivity index (χ0v) is 12.3. The molecule has 1 saturated heterocycles. The highest BCUT2D eigenvalue weighted by Crippen LogP contribution is 2.22. The number of likely N-dealkylation sites (N-methyl/N-ethyl adjacent to an activating group) is 1. The van der Waals surface area contributed by atoms with Crippen LogP contribution in [0.25, 0.3) is 0 Å². The molecule has 1 amide bonds. The Hall–Kier alpha value is -1.75. The van der Waals surface area contributed by atoms with E-state index in [2.05, 4.69) is 0 Å². The molecule has 0 saturated carbocycles. The summed E-state index contributed by atoms with van der Waals surface area (Å²) in [5.74, 6) is 1.01. The van der Waals surface area contributed by atoms with Gasteiger partial charge in [0.2, 0.25) is 5.91 Å². The Kier molecular flexibility index (Phi) is 4.84. The van der Waals surface area contributed by atoms with E-state index in [1.807, 2.05) is 35.0 Å². The summed E-state index contributed by atoms with van der Waals surface area (Å²) < 4.78 is 5.33. The molecule has 2 N–H and O–H groups in total. The summed E-state index contributed by atoms with van der Waals surface area (Å²) in [7, 11) is 3.58. The van der Waals surface area contributed by atoms with Crippen molar-refractivity contribution in [2.75, 3.05) is 39.5 Å². The van der Waals surface area contributed by atoms with E-state index in [0.717, 1.165) is 37.2 Å². The van der Waals surface area contributed by atoms with E-state index in [1.54, 1.807) is 7.11 Å². The Morgan fingerprint density at radius 1 is 1.40 bits per heavy atom. The molecule has 0 bridgehead atoms. The smallest absolute Gasteiger partial charge is 0.236 e. The fourth-order valence-electron chi connectivity index (χ4n) is 2.57. The number of benzene rings is 1. The fourth-order valence-corrected chi connectivity index (χ4v) is 2.57. The summed E-state index contributed by atoms with van der Waals surface area (Å²) in [6.07, 6.45) is 2.25. The highest BCUT2D eigenvalue weighted by Gasteiger charge is 2.19. The van der Waals surface area contributed by atoms with Gasteiger partial charge in [-0.1, -0.05) is 0 Å². The maximum absolute atomic E-state index is 12.1. The second kappa shape index (κ2) is 6.61. The SMILES string of the molecule is COc1ccc(N)cc1CN(C)CC(=O)N1CCCC1. The molecule has 0 radical (unpaired) electrons. The monoisotopic (exact) mass is 277 g/mol. The molecule has 1 aromatic rings. The highest BCUT2D eigenvalue weighted by molar-refractivity contribution is 5.78. The molecule has 0 aliphatic carbocycles. The third-order valence-electron chi connectivity index (χ3n) is 3.61. The standard InChI is InChI=1S/C15H23N3O2/c1-17(11-15(19)18-7-3-4-8-18)10-12-9-13(16)5-6-14(12)20-2/h5-6,9H,3-4,7-8,10-11,16H2,1-2H3. The van der Waals surface area contributed by atoms with Gasteiger partial charge in [0, 0.05) is 30.9 Å². The van der Waals surface area contributed by atoms with Crippen molar-refractivity contribution in [3.63, 3.8) is 0 Å². The molecule has 0 unspecified atom stereocenters. The molecule has 1 aliphatic heterocycles. The maximum atomic E-state index is 12.1. The van der Waals surface area contributed by atoms with E-state index in [-0.39, 0.29) is 5.91 Å². The highest BCUT2D eigenvalue weighted by atomic mass is 16.5. The van der Waals surface area contributed by atoms with Crippen LogP contribution >= 0.6 is 0 Å². The van der Waals surface area contributed by atoms with Crippen molar-refractivity contribution in [2.24, 2.45) is 0 Å². The Balaban J connectivity index is 1.95. The number of ether oxygens (including phenoxy) is 1. The minimum absolute atomic E-state index is 0.202. The molecule has 2 rings (SSSR count). The van der Waals surface area contributed by atoms with Gasteiger partial charge in [-0.15, -0.1) is 0 Å². The number of nitrogens with two attached hydrogens (primary N) is 1. The molecule has 20 heavy (non-hydrogen) atoms. The number of hydrogen-bond donors (Lipinski definition) is 1. The normalized spacial score (nSPS) is 14.8. The summed E-state index contributed by atoms with van der Waals surface area (Å²) >= 11 is 0. The lowest BCUT2D eigenvalue weighted by molar-refractivity contribution is -0.131. The number of likely N-dealkylation sites (tertiary alicyclic amines) is 1. The van der Waals surface area contributed by atoms with Gasteiger partial charge in [-0.2, -0.15) is 0 Å². The van der Waals surface area contributed by atoms with Gasteiger partial charge in [0.15, 0.2) is 0 Å². The van der Waals surface area contributed by atoms with Crippen LogP contribution in [0, 0.1) is 0 Å². The maximum Gasteiger partial charge on any atom is 0.236 e. The van der Waals surface area contributed by atoms with E-state index in [0.29, 0.717) is 18.8 Å². The molecule has 1 fully saturated rings. The number of rotatable bonds is 5. The van der Waals surface area contributed by atoms with Gasteiger partial charge in [-0.05, 0) is 38.1 Å². The Morgan fingerprint density at radius 3 is 2.75 bits per heavy atom. The number of amides is 1. The average Bonchev–Trinajstić information content (AvgIpc) is 2.92. The van der Waals surface area contributed by atoms with Crippen molar-refractivity contribution in [2.45, 2.75) is 19.4 Å². The van der Waals surface area contributed by atoms with Crippen molar-refractivity contribution in [1.29, 1.82) is 0 Å². The van der Waals surface area contributed by atoms with Gasteiger partial charge < -0.3 is 15.4 Å².